The van der Waals surface area contributed by atoms with Gasteiger partial charge in [0.05, 0.1) is 19.3 Å². The average Bonchev–Trinajstić information content (AvgIpc) is 3.39. The van der Waals surface area contributed by atoms with E-state index < -0.39 is 37.2 Å². The Hall–Kier alpha value is -1.32. The molecule has 1 aromatic rings. The highest BCUT2D eigenvalue weighted by Gasteiger charge is 2.85. The lowest BCUT2D eigenvalue weighted by molar-refractivity contribution is -0.457. The third-order valence-corrected chi connectivity index (χ3v) is 14.5. The second-order valence-electron chi connectivity index (χ2n) is 14.7. The van der Waals surface area contributed by atoms with Crippen molar-refractivity contribution in [2.45, 2.75) is 121 Å². The molecule has 0 amide bonds. The minimum atomic E-state index is -6.74. The summed E-state index contributed by atoms with van der Waals surface area (Å²) in [5.41, 5.74) is -3.97. The average molecular weight is 779 g/mol. The number of alkyl halides is 9. The lowest BCUT2D eigenvalue weighted by Crippen LogP contribution is -2.67. The van der Waals surface area contributed by atoms with Gasteiger partial charge in [0.1, 0.15) is 11.5 Å². The molecule has 2 saturated carbocycles. The molecule has 3 aliphatic carbocycles. The summed E-state index contributed by atoms with van der Waals surface area (Å²) in [4.78, 5) is 12.9. The number of carbonyl (C=O) groups excluding carboxylic acids is 1. The molecule has 0 N–H and O–H groups in total. The van der Waals surface area contributed by atoms with Gasteiger partial charge in [-0.3, -0.25) is 4.79 Å². The molecule has 4 aliphatic rings. The van der Waals surface area contributed by atoms with Crippen LogP contribution in [-0.2, 0) is 20.7 Å². The van der Waals surface area contributed by atoms with E-state index in [-0.39, 0.29) is 24.0 Å². The van der Waals surface area contributed by atoms with Gasteiger partial charge in [0.25, 0.3) is 0 Å². The van der Waals surface area contributed by atoms with Gasteiger partial charge in [-0.2, -0.15) is 39.5 Å². The Balaban J connectivity index is 1.10. The lowest BCUT2D eigenvalue weighted by atomic mass is 9.55. The number of aryl methyl sites for hydroxylation is 1. The van der Waals surface area contributed by atoms with Crippen molar-refractivity contribution in [1.29, 1.82) is 0 Å². The first-order valence-corrected chi connectivity index (χ1v) is 20.4. The van der Waals surface area contributed by atoms with Gasteiger partial charge in [-0.15, -0.1) is 0 Å². The van der Waals surface area contributed by atoms with Gasteiger partial charge in [0, 0.05) is 30.5 Å². The summed E-state index contributed by atoms with van der Waals surface area (Å²) in [6.07, 6.45) is -12.9. The molecular weight excluding hydrogens is 732 g/mol. The second kappa shape index (κ2) is 16.2. The second-order valence-corrected chi connectivity index (χ2v) is 17.3. The van der Waals surface area contributed by atoms with Crippen molar-refractivity contribution in [2.75, 3.05) is 31.3 Å². The van der Waals surface area contributed by atoms with Crippen LogP contribution in [0.3, 0.4) is 0 Å². The molecule has 5 rings (SSSR count). The topological polar surface area (TPSA) is 44.8 Å². The summed E-state index contributed by atoms with van der Waals surface area (Å²) >= 11 is 0. The van der Waals surface area contributed by atoms with Crippen LogP contribution in [0.1, 0.15) is 95.1 Å². The van der Waals surface area contributed by atoms with Gasteiger partial charge in [-0.25, -0.2) is 0 Å². The summed E-state index contributed by atoms with van der Waals surface area (Å²) in [6.45, 7) is 2.94. The van der Waals surface area contributed by atoms with Crippen LogP contribution < -0.4 is 4.74 Å². The number of fused-ring (bicyclic) bond motifs is 5. The fraction of sp³-hybridized carbons (Fsp3) is 0.806. The van der Waals surface area contributed by atoms with Crippen molar-refractivity contribution in [2.24, 2.45) is 29.1 Å². The quantitative estimate of drug-likeness (QED) is 0.106. The molecule has 1 aliphatic heterocycles. The highest BCUT2D eigenvalue weighted by atomic mass is 33.1. The Morgan fingerprint density at radius 1 is 0.902 bits per heavy atom. The van der Waals surface area contributed by atoms with Gasteiger partial charge >= 0.3 is 24.1 Å². The van der Waals surface area contributed by atoms with E-state index in [1.165, 1.54) is 11.1 Å². The Kier molecular flexibility index (Phi) is 13.0. The number of halogens is 9. The van der Waals surface area contributed by atoms with Crippen molar-refractivity contribution >= 4 is 27.4 Å². The molecule has 0 spiro atoms. The zero-order valence-corrected chi connectivity index (χ0v) is 30.5. The third kappa shape index (κ3) is 8.35. The summed E-state index contributed by atoms with van der Waals surface area (Å²) < 4.78 is 134. The Morgan fingerprint density at radius 2 is 1.63 bits per heavy atom. The number of carbonyl (C=O) groups is 1. The first kappa shape index (κ1) is 40.9. The SMILES string of the molecule is CCC(C(=O)CCCOc1ccc2c(c1)CCC1C2CCC2(C)C(OCCCOC(C(F)(F)F)(C(F)(F)F)C(F)(F)F)CCC12)C1CCSSC1. The van der Waals surface area contributed by atoms with Gasteiger partial charge in [-0.05, 0) is 117 Å². The normalized spacial score (nSPS) is 29.2. The number of hydrogen-bond donors (Lipinski definition) is 0. The number of ketones is 1. The maximum atomic E-state index is 13.2. The molecular formula is C36H47F9O4S2. The Bertz CT molecular complexity index is 1290. The van der Waals surface area contributed by atoms with E-state index in [0.717, 1.165) is 62.2 Å². The lowest BCUT2D eigenvalue weighted by Gasteiger charge is -2.50. The first-order chi connectivity index (χ1) is 23.9. The minimum absolute atomic E-state index is 0.129. The molecule has 1 heterocycles. The largest absolute Gasteiger partial charge is 0.494 e. The molecule has 290 valence electrons. The van der Waals surface area contributed by atoms with Gasteiger partial charge < -0.3 is 14.2 Å². The smallest absolute Gasteiger partial charge is 0.435 e. The summed E-state index contributed by atoms with van der Waals surface area (Å²) in [7, 11) is 3.75. The van der Waals surface area contributed by atoms with Crippen molar-refractivity contribution in [3.05, 3.63) is 29.3 Å². The van der Waals surface area contributed by atoms with Crippen molar-refractivity contribution < 1.29 is 58.5 Å². The van der Waals surface area contributed by atoms with Crippen LogP contribution in [0.15, 0.2) is 18.2 Å². The maximum Gasteiger partial charge on any atom is 0.435 e. The molecule has 0 bridgehead atoms. The minimum Gasteiger partial charge on any atom is -0.494 e. The van der Waals surface area contributed by atoms with Crippen LogP contribution in [0.25, 0.3) is 0 Å². The van der Waals surface area contributed by atoms with E-state index in [1.54, 1.807) is 0 Å². The Morgan fingerprint density at radius 3 is 2.27 bits per heavy atom. The molecule has 3 fully saturated rings. The van der Waals surface area contributed by atoms with Crippen molar-refractivity contribution in [3.63, 3.8) is 0 Å². The molecule has 4 nitrogen and oxygen atoms in total. The van der Waals surface area contributed by atoms with E-state index in [9.17, 15) is 44.3 Å². The van der Waals surface area contributed by atoms with E-state index in [2.05, 4.69) is 30.7 Å². The molecule has 15 heteroatoms. The summed E-state index contributed by atoms with van der Waals surface area (Å²) in [5, 5.41) is 0. The van der Waals surface area contributed by atoms with Crippen LogP contribution in [0.4, 0.5) is 39.5 Å². The van der Waals surface area contributed by atoms with Crippen LogP contribution in [-0.4, -0.2) is 67.3 Å². The van der Waals surface area contributed by atoms with Gasteiger partial charge in [-0.1, -0.05) is 41.5 Å². The molecule has 1 aromatic carbocycles. The predicted molar refractivity (Wildman–Crippen MR) is 179 cm³/mol. The molecule has 51 heavy (non-hydrogen) atoms. The fourth-order valence-corrected chi connectivity index (χ4v) is 12.0. The van der Waals surface area contributed by atoms with Crippen LogP contribution in [0.2, 0.25) is 0 Å². The third-order valence-electron chi connectivity index (χ3n) is 11.9. The van der Waals surface area contributed by atoms with Crippen LogP contribution in [0, 0.1) is 29.1 Å². The molecule has 0 radical (unpaired) electrons. The number of ether oxygens (including phenoxy) is 3. The van der Waals surface area contributed by atoms with Crippen LogP contribution in [0.5, 0.6) is 5.75 Å². The summed E-state index contributed by atoms with van der Waals surface area (Å²) in [5.74, 6) is 4.89. The van der Waals surface area contributed by atoms with E-state index >= 15 is 0 Å². The van der Waals surface area contributed by atoms with Gasteiger partial charge in [0.15, 0.2) is 0 Å². The van der Waals surface area contributed by atoms with E-state index in [1.807, 2.05) is 27.7 Å². The fourth-order valence-electron chi connectivity index (χ4n) is 9.35. The molecule has 7 atom stereocenters. The van der Waals surface area contributed by atoms with E-state index in [4.69, 9.17) is 9.47 Å². The number of hydrogen-bond acceptors (Lipinski definition) is 6. The molecule has 1 saturated heterocycles. The highest BCUT2D eigenvalue weighted by molar-refractivity contribution is 8.76. The standard InChI is InChI=1S/C36H47F9O4S2/c1-3-25(23-14-19-50-51-21-23)30(46)6-4-16-47-24-8-10-26-22(20-24)7-9-28-27(26)13-15-32(2)29(28)11-12-31(32)48-17-5-18-49-33(34(37,38)39,35(40,41)42)36(43,44)45/h8,10,20,23,25,27-29,31H,3-7,9,11-19,21H2,1-2H3. The highest BCUT2D eigenvalue weighted by Crippen LogP contribution is 2.62. The predicted octanol–water partition coefficient (Wildman–Crippen LogP) is 10.9. The van der Waals surface area contributed by atoms with E-state index in [0.29, 0.717) is 55.3 Å². The summed E-state index contributed by atoms with van der Waals surface area (Å²) in [6, 6.07) is 6.25. The first-order valence-electron chi connectivity index (χ1n) is 17.9. The number of rotatable bonds is 14. The number of Topliss-reactive ketones (excluding diaryl/α,β-unsaturated/α-hetero) is 1. The van der Waals surface area contributed by atoms with Crippen molar-refractivity contribution in [1.82, 2.24) is 0 Å². The van der Waals surface area contributed by atoms with Gasteiger partial charge in [0.2, 0.25) is 0 Å². The zero-order chi connectivity index (χ0) is 37.2. The monoisotopic (exact) mass is 778 g/mol. The number of benzene rings is 1. The molecule has 0 aromatic heterocycles. The zero-order valence-electron chi connectivity index (χ0n) is 28.9. The Labute approximate surface area is 301 Å². The molecule has 7 unspecified atom stereocenters. The van der Waals surface area contributed by atoms with Crippen molar-refractivity contribution in [3.8, 4) is 5.75 Å². The maximum absolute atomic E-state index is 13.2. The van der Waals surface area contributed by atoms with Crippen LogP contribution >= 0.6 is 21.6 Å².